The summed E-state index contributed by atoms with van der Waals surface area (Å²) in [4.78, 5) is 0. The summed E-state index contributed by atoms with van der Waals surface area (Å²) in [5, 5.41) is -1.39. The van der Waals surface area contributed by atoms with Gasteiger partial charge in [-0.2, -0.15) is 0 Å². The van der Waals surface area contributed by atoms with Gasteiger partial charge in [-0.15, -0.1) is 5.10 Å². The maximum Gasteiger partial charge on any atom is 0.214 e. The molecule has 1 aliphatic rings. The van der Waals surface area contributed by atoms with Crippen LogP contribution in [0.1, 0.15) is 0 Å². The number of rotatable bonds is 0. The zero-order chi connectivity index (χ0) is 8.98. The van der Waals surface area contributed by atoms with Gasteiger partial charge in [-0.05, 0) is 46.7 Å². The van der Waals surface area contributed by atoms with E-state index in [0.29, 0.717) is 3.93 Å². The van der Waals surface area contributed by atoms with Crippen LogP contribution in [0, 0.1) is 0 Å². The van der Waals surface area contributed by atoms with Gasteiger partial charge >= 0.3 is 0 Å². The van der Waals surface area contributed by atoms with Crippen molar-refractivity contribution < 1.29 is 20.1 Å². The summed E-state index contributed by atoms with van der Waals surface area (Å²) < 4.78 is 0.167. The van der Waals surface area contributed by atoms with Crippen LogP contribution in [0.25, 0.3) is 0 Å². The largest absolute Gasteiger partial charge is 0.214 e. The summed E-state index contributed by atoms with van der Waals surface area (Å²) in [6.45, 7) is 0. The second-order valence-corrected chi connectivity index (χ2v) is 17.6. The molecule has 0 amide bonds. The molecular formula is CHCl6IrN3S. The third-order valence-electron chi connectivity index (χ3n) is 0.869. The summed E-state index contributed by atoms with van der Waals surface area (Å²) in [6, 6.07) is 0. The minimum absolute atomic E-state index is 0. The van der Waals surface area contributed by atoms with Crippen LogP contribution >= 0.6 is 71.4 Å². The van der Waals surface area contributed by atoms with Crippen LogP contribution in [0.2, 0.25) is 0 Å². The Morgan fingerprint density at radius 2 is 1.67 bits per heavy atom. The zero-order valence-electron chi connectivity index (χ0n) is 4.90. The van der Waals surface area contributed by atoms with Crippen molar-refractivity contribution in [1.82, 2.24) is 9.47 Å². The summed E-state index contributed by atoms with van der Waals surface area (Å²) >= 11 is 10.9. The summed E-state index contributed by atoms with van der Waals surface area (Å²) in [5.41, 5.74) is 2.12. The van der Waals surface area contributed by atoms with E-state index in [-0.39, 0.29) is 24.6 Å². The van der Waals surface area contributed by atoms with Gasteiger partial charge in [-0.1, -0.05) is 11.6 Å². The quantitative estimate of drug-likeness (QED) is 0.521. The molecule has 12 heavy (non-hydrogen) atoms. The predicted octanol–water partition coefficient (Wildman–Crippen LogP) is 3.87. The fourth-order valence-corrected chi connectivity index (χ4v) is 2.24. The molecule has 1 N–H and O–H groups in total. The molecule has 11 heteroatoms. The first kappa shape index (κ1) is 14.2. The van der Waals surface area contributed by atoms with Gasteiger partial charge in [0.15, 0.2) is 0 Å². The Labute approximate surface area is 109 Å². The van der Waals surface area contributed by atoms with E-state index in [4.69, 9.17) is 66.1 Å². The maximum atomic E-state index is 5.66. The van der Waals surface area contributed by atoms with Crippen molar-refractivity contribution in [2.45, 2.75) is 0 Å². The van der Waals surface area contributed by atoms with Gasteiger partial charge in [-0.25, -0.2) is 5.53 Å². The Hall–Kier alpha value is 2.17. The van der Waals surface area contributed by atoms with E-state index in [1.54, 1.807) is 0 Å². The molecule has 0 bridgehead atoms. The predicted molar refractivity (Wildman–Crippen MR) is 55.1 cm³/mol. The average molecular weight is 492 g/mol. The molecule has 0 atom stereocenters. The summed E-state index contributed by atoms with van der Waals surface area (Å²) in [7, 11) is 22.6. The van der Waals surface area contributed by atoms with Crippen LogP contribution in [-0.2, 0) is 20.1 Å². The Balaban J connectivity index is 0.00000121. The van der Waals surface area contributed by atoms with Gasteiger partial charge in [0.25, 0.3) is 0 Å². The van der Waals surface area contributed by atoms with Gasteiger partial charge in [-0.3, -0.25) is 0 Å². The Bertz CT molecular complexity index is 242. The molecule has 0 aromatic heterocycles. The van der Waals surface area contributed by atoms with Gasteiger partial charge in [0.1, 0.15) is 0 Å². The number of nitrogens with zero attached hydrogens (tertiary/aromatic N) is 2. The normalized spacial score (nSPS) is 35.7. The SMILES string of the molecule is ClC1=NNN(Cl)S1(Cl)(Cl)(Cl)Cl.[Ir]. The molecule has 0 aliphatic carbocycles. The molecule has 0 saturated carbocycles. The average Bonchev–Trinajstić information content (AvgIpc) is 1.90. The van der Waals surface area contributed by atoms with Gasteiger partial charge in [0.2, 0.25) is 4.50 Å². The van der Waals surface area contributed by atoms with E-state index in [2.05, 4.69) is 10.6 Å². The molecule has 1 rings (SSSR count). The zero-order valence-corrected chi connectivity index (χ0v) is 12.7. The molecule has 0 fully saturated rings. The van der Waals surface area contributed by atoms with Crippen LogP contribution in [0.3, 0.4) is 0 Å². The van der Waals surface area contributed by atoms with Crippen molar-refractivity contribution in [3.8, 4) is 0 Å². The Kier molecular flexibility index (Phi) is 3.64. The van der Waals surface area contributed by atoms with Crippen molar-refractivity contribution in [2.75, 3.05) is 0 Å². The summed E-state index contributed by atoms with van der Waals surface area (Å²) in [5.74, 6) is 0. The summed E-state index contributed by atoms with van der Waals surface area (Å²) in [6.07, 6.45) is 0. The topological polar surface area (TPSA) is 27.6 Å². The van der Waals surface area contributed by atoms with Gasteiger partial charge in [0, 0.05) is 31.9 Å². The van der Waals surface area contributed by atoms with Crippen LogP contribution in [0.15, 0.2) is 5.10 Å². The van der Waals surface area contributed by atoms with E-state index in [1.165, 1.54) is 0 Å². The van der Waals surface area contributed by atoms with Crippen molar-refractivity contribution in [1.29, 1.82) is 0 Å². The van der Waals surface area contributed by atoms with Crippen LogP contribution in [0.4, 0.5) is 0 Å². The second kappa shape index (κ2) is 3.08. The van der Waals surface area contributed by atoms with Crippen molar-refractivity contribution in [3.05, 3.63) is 0 Å². The molecular weight excluding hydrogens is 491 g/mol. The van der Waals surface area contributed by atoms with E-state index >= 15 is 0 Å². The van der Waals surface area contributed by atoms with Crippen molar-refractivity contribution in [3.63, 3.8) is 0 Å². The first-order chi connectivity index (χ1) is 4.58. The third kappa shape index (κ3) is 2.06. The minimum Gasteiger partial charge on any atom is -0.212 e. The first-order valence-electron chi connectivity index (χ1n) is 2.03. The van der Waals surface area contributed by atoms with Crippen molar-refractivity contribution >= 4 is 75.9 Å². The van der Waals surface area contributed by atoms with Crippen LogP contribution in [0.5, 0.6) is 0 Å². The number of hydrogen-bond acceptors (Lipinski definition) is 3. The van der Waals surface area contributed by atoms with E-state index < -0.39 is 5.33 Å². The number of hydrazone groups is 1. The van der Waals surface area contributed by atoms with Gasteiger partial charge < -0.3 is 0 Å². The number of hydrogen-bond donors (Lipinski definition) is 1. The third-order valence-corrected chi connectivity index (χ3v) is 9.88. The number of halogens is 6. The fraction of sp³-hybridized carbons (Fsp3) is 0. The van der Waals surface area contributed by atoms with E-state index in [1.807, 2.05) is 0 Å². The first-order valence-corrected chi connectivity index (χ1v) is 8.46. The standard InChI is InChI=1S/CHCl6N3S.Ir/c2-1-8-9-10(3)11(1,4,5,6)7;/h9H;. The molecule has 3 nitrogen and oxygen atoms in total. The molecule has 77 valence electrons. The van der Waals surface area contributed by atoms with Crippen molar-refractivity contribution in [2.24, 2.45) is 5.10 Å². The molecule has 0 aromatic rings. The molecule has 1 radical (unpaired) electrons. The second-order valence-electron chi connectivity index (χ2n) is 1.74. The molecule has 0 saturated heterocycles. The van der Waals surface area contributed by atoms with Crippen LogP contribution < -0.4 is 5.53 Å². The molecule has 0 unspecified atom stereocenters. The molecule has 0 spiro atoms. The van der Waals surface area contributed by atoms with Gasteiger partial charge in [0.05, 0.1) is 5.33 Å². The monoisotopic (exact) mass is 490 g/mol. The van der Waals surface area contributed by atoms with E-state index in [9.17, 15) is 0 Å². The molecule has 0 aromatic carbocycles. The Morgan fingerprint density at radius 1 is 1.25 bits per heavy atom. The maximum absolute atomic E-state index is 5.66. The fourth-order valence-electron chi connectivity index (χ4n) is 0.316. The molecule has 1 aliphatic heterocycles. The van der Waals surface area contributed by atoms with E-state index in [0.717, 1.165) is 0 Å². The smallest absolute Gasteiger partial charge is 0.212 e. The number of hydrazine groups is 1. The minimum atomic E-state index is -4.75. The van der Waals surface area contributed by atoms with Crippen LogP contribution in [-0.4, -0.2) is 8.44 Å². The molecule has 1 heterocycles. The Morgan fingerprint density at radius 3 is 1.75 bits per heavy atom. The number of nitrogens with one attached hydrogen (secondary N) is 1.